The molecule has 5 N–H and O–H groups in total. The van der Waals surface area contributed by atoms with Gasteiger partial charge >= 0.3 is 0 Å². The third kappa shape index (κ3) is 11.4. The van der Waals surface area contributed by atoms with Gasteiger partial charge in [-0.2, -0.15) is 0 Å². The molecular formula is C14H24Cl3N3O3. The van der Waals surface area contributed by atoms with Gasteiger partial charge in [0.15, 0.2) is 6.61 Å². The van der Waals surface area contributed by atoms with Crippen LogP contribution in [0.2, 0.25) is 5.02 Å². The molecule has 0 radical (unpaired) electrons. The molecular weight excluding hydrogens is 365 g/mol. The molecule has 134 valence electrons. The molecule has 23 heavy (non-hydrogen) atoms. The van der Waals surface area contributed by atoms with Gasteiger partial charge in [0.25, 0.3) is 5.91 Å². The van der Waals surface area contributed by atoms with E-state index < -0.39 is 5.91 Å². The number of nitrogens with two attached hydrogens (primary N) is 1. The molecule has 9 heteroatoms. The summed E-state index contributed by atoms with van der Waals surface area (Å²) < 4.78 is 5.34. The van der Waals surface area contributed by atoms with Gasteiger partial charge in [0.2, 0.25) is 0 Å². The minimum absolute atomic E-state index is 0. The molecule has 0 aromatic heterocycles. The molecule has 0 bridgehead atoms. The Bertz CT molecular complexity index is 462. The summed E-state index contributed by atoms with van der Waals surface area (Å²) in [5.74, 6) is 0.0637. The molecule has 6 nitrogen and oxygen atoms in total. The van der Waals surface area contributed by atoms with Crippen LogP contribution in [-0.4, -0.2) is 43.4 Å². The van der Waals surface area contributed by atoms with Crippen molar-refractivity contribution in [2.75, 3.05) is 26.2 Å². The Morgan fingerprint density at radius 3 is 2.61 bits per heavy atom. The molecule has 1 unspecified atom stereocenters. The molecule has 1 rings (SSSR count). The van der Waals surface area contributed by atoms with Gasteiger partial charge in [0.1, 0.15) is 5.75 Å². The molecule has 1 aromatic rings. The standard InChI is InChI=1S/C14H22ClN3O3.2ClH/c1-10(19)7-17-4-5-18-8-11-6-12(15)2-3-13(11)21-9-14(16)20;;/h2-3,6,10,17-19H,4-5,7-9H2,1H3,(H2,16,20);2*1H. The number of halogens is 3. The molecule has 0 heterocycles. The largest absolute Gasteiger partial charge is 0.483 e. The van der Waals surface area contributed by atoms with Crippen LogP contribution in [0.3, 0.4) is 0 Å². The minimum Gasteiger partial charge on any atom is -0.483 e. The number of amides is 1. The van der Waals surface area contributed by atoms with Crippen LogP contribution >= 0.6 is 36.4 Å². The quantitative estimate of drug-likeness (QED) is 0.450. The van der Waals surface area contributed by atoms with Gasteiger partial charge in [-0.25, -0.2) is 0 Å². The highest BCUT2D eigenvalue weighted by atomic mass is 35.5. The molecule has 0 spiro atoms. The number of nitrogens with one attached hydrogen (secondary N) is 2. The SMILES string of the molecule is CC(O)CNCCNCc1cc(Cl)ccc1OCC(N)=O.Cl.Cl. The maximum absolute atomic E-state index is 10.8. The molecule has 0 fully saturated rings. The van der Waals surface area contributed by atoms with Gasteiger partial charge in [-0.3, -0.25) is 4.79 Å². The Morgan fingerprint density at radius 1 is 1.35 bits per heavy atom. The smallest absolute Gasteiger partial charge is 0.255 e. The summed E-state index contributed by atoms with van der Waals surface area (Å²) >= 11 is 5.96. The van der Waals surface area contributed by atoms with E-state index in [0.29, 0.717) is 23.9 Å². The van der Waals surface area contributed by atoms with E-state index in [2.05, 4.69) is 10.6 Å². The number of aliphatic hydroxyl groups is 1. The van der Waals surface area contributed by atoms with E-state index in [9.17, 15) is 4.79 Å². The Balaban J connectivity index is 0. The summed E-state index contributed by atoms with van der Waals surface area (Å²) in [6.45, 7) is 4.16. The molecule has 0 saturated heterocycles. The highest BCUT2D eigenvalue weighted by molar-refractivity contribution is 6.30. The number of rotatable bonds is 10. The van der Waals surface area contributed by atoms with E-state index in [-0.39, 0.29) is 37.5 Å². The van der Waals surface area contributed by atoms with Crippen LogP contribution in [0.1, 0.15) is 12.5 Å². The van der Waals surface area contributed by atoms with Crippen LogP contribution in [0.25, 0.3) is 0 Å². The number of benzene rings is 1. The lowest BCUT2D eigenvalue weighted by atomic mass is 10.2. The van der Waals surface area contributed by atoms with Gasteiger partial charge in [0.05, 0.1) is 6.10 Å². The number of hydrogen-bond acceptors (Lipinski definition) is 5. The number of primary amides is 1. The first kappa shape index (κ1) is 24.5. The molecule has 1 aromatic carbocycles. The molecule has 0 aliphatic carbocycles. The summed E-state index contributed by atoms with van der Waals surface area (Å²) in [5, 5.41) is 16.0. The van der Waals surface area contributed by atoms with Crippen molar-refractivity contribution in [2.24, 2.45) is 5.73 Å². The zero-order valence-electron chi connectivity index (χ0n) is 12.9. The van der Waals surface area contributed by atoms with Crippen LogP contribution in [0.4, 0.5) is 0 Å². The lowest BCUT2D eigenvalue weighted by Gasteiger charge is -2.12. The van der Waals surface area contributed by atoms with Crippen molar-refractivity contribution in [2.45, 2.75) is 19.6 Å². The van der Waals surface area contributed by atoms with Crippen LogP contribution in [0.15, 0.2) is 18.2 Å². The topological polar surface area (TPSA) is 96.6 Å². The first-order chi connectivity index (χ1) is 9.99. The third-order valence-corrected chi connectivity index (χ3v) is 2.86. The van der Waals surface area contributed by atoms with Crippen LogP contribution < -0.4 is 21.1 Å². The lowest BCUT2D eigenvalue weighted by molar-refractivity contribution is -0.119. The lowest BCUT2D eigenvalue weighted by Crippen LogP contribution is -2.31. The van der Waals surface area contributed by atoms with Gasteiger partial charge < -0.3 is 26.2 Å². The van der Waals surface area contributed by atoms with Crippen molar-refractivity contribution in [1.82, 2.24) is 10.6 Å². The fourth-order valence-corrected chi connectivity index (χ4v) is 1.88. The van der Waals surface area contributed by atoms with E-state index in [1.165, 1.54) is 0 Å². The summed E-state index contributed by atoms with van der Waals surface area (Å²) in [6, 6.07) is 5.20. The number of aliphatic hydroxyl groups excluding tert-OH is 1. The number of ether oxygens (including phenoxy) is 1. The monoisotopic (exact) mass is 387 g/mol. The second-order valence-electron chi connectivity index (χ2n) is 4.74. The second kappa shape index (κ2) is 13.7. The first-order valence-corrected chi connectivity index (χ1v) is 7.16. The first-order valence-electron chi connectivity index (χ1n) is 6.78. The summed E-state index contributed by atoms with van der Waals surface area (Å²) in [7, 11) is 0. The van der Waals surface area contributed by atoms with Gasteiger partial charge in [0, 0.05) is 36.8 Å². The van der Waals surface area contributed by atoms with Crippen molar-refractivity contribution in [3.8, 4) is 5.75 Å². The molecule has 0 aliphatic heterocycles. The van der Waals surface area contributed by atoms with Crippen LogP contribution in [0.5, 0.6) is 5.75 Å². The predicted octanol–water partition coefficient (Wildman–Crippen LogP) is 1.11. The number of carbonyl (C=O) groups excluding carboxylic acids is 1. The maximum Gasteiger partial charge on any atom is 0.255 e. The Labute approximate surface area is 153 Å². The fraction of sp³-hybridized carbons (Fsp3) is 0.500. The predicted molar refractivity (Wildman–Crippen MR) is 96.9 cm³/mol. The van der Waals surface area contributed by atoms with Crippen LogP contribution in [-0.2, 0) is 11.3 Å². The van der Waals surface area contributed by atoms with Crippen molar-refractivity contribution in [3.05, 3.63) is 28.8 Å². The van der Waals surface area contributed by atoms with Crippen molar-refractivity contribution >= 4 is 42.3 Å². The molecule has 1 atom stereocenters. The zero-order valence-corrected chi connectivity index (χ0v) is 15.3. The molecule has 0 aliphatic rings. The number of carbonyl (C=O) groups is 1. The van der Waals surface area contributed by atoms with Crippen LogP contribution in [0, 0.1) is 0 Å². The fourth-order valence-electron chi connectivity index (χ4n) is 1.69. The van der Waals surface area contributed by atoms with Gasteiger partial charge in [-0.05, 0) is 25.1 Å². The van der Waals surface area contributed by atoms with E-state index in [0.717, 1.165) is 18.7 Å². The summed E-state index contributed by atoms with van der Waals surface area (Å²) in [6.07, 6.45) is -0.355. The Morgan fingerprint density at radius 2 is 2.00 bits per heavy atom. The normalized spacial score (nSPS) is 11.1. The third-order valence-electron chi connectivity index (χ3n) is 2.63. The average Bonchev–Trinajstić information content (AvgIpc) is 2.41. The molecule has 1 amide bonds. The second-order valence-corrected chi connectivity index (χ2v) is 5.17. The highest BCUT2D eigenvalue weighted by Crippen LogP contribution is 2.22. The van der Waals surface area contributed by atoms with Crippen molar-refractivity contribution < 1.29 is 14.6 Å². The molecule has 0 saturated carbocycles. The van der Waals surface area contributed by atoms with Gasteiger partial charge in [-0.1, -0.05) is 11.6 Å². The van der Waals surface area contributed by atoms with Crippen molar-refractivity contribution in [1.29, 1.82) is 0 Å². The van der Waals surface area contributed by atoms with E-state index in [4.69, 9.17) is 27.2 Å². The van der Waals surface area contributed by atoms with E-state index in [1.54, 1.807) is 25.1 Å². The minimum atomic E-state index is -0.522. The van der Waals surface area contributed by atoms with E-state index >= 15 is 0 Å². The number of hydrogen-bond donors (Lipinski definition) is 4. The summed E-state index contributed by atoms with van der Waals surface area (Å²) in [5.41, 5.74) is 5.93. The maximum atomic E-state index is 10.8. The van der Waals surface area contributed by atoms with Gasteiger partial charge in [-0.15, -0.1) is 24.8 Å². The van der Waals surface area contributed by atoms with Crippen molar-refractivity contribution in [3.63, 3.8) is 0 Å². The van der Waals surface area contributed by atoms with E-state index in [1.807, 2.05) is 0 Å². The zero-order chi connectivity index (χ0) is 15.7. The Kier molecular flexibility index (Phi) is 14.5. The average molecular weight is 389 g/mol. The summed E-state index contributed by atoms with van der Waals surface area (Å²) in [4.78, 5) is 10.8. The highest BCUT2D eigenvalue weighted by Gasteiger charge is 2.06. The Hall–Kier alpha value is -0.760.